The maximum atomic E-state index is 14.4. The summed E-state index contributed by atoms with van der Waals surface area (Å²) >= 11 is 1.43. The average molecular weight is 408 g/mol. The summed E-state index contributed by atoms with van der Waals surface area (Å²) in [7, 11) is 0. The Labute approximate surface area is 168 Å². The van der Waals surface area contributed by atoms with Gasteiger partial charge in [0.2, 0.25) is 5.88 Å². The zero-order valence-corrected chi connectivity index (χ0v) is 17.4. The molecule has 2 aromatic rings. The third-order valence-electron chi connectivity index (χ3n) is 4.73. The van der Waals surface area contributed by atoms with Gasteiger partial charge in [-0.15, -0.1) is 0 Å². The number of hydrogen-bond acceptors (Lipinski definition) is 6. The van der Waals surface area contributed by atoms with Crippen LogP contribution in [0.2, 0.25) is 0 Å². The van der Waals surface area contributed by atoms with Crippen molar-refractivity contribution in [3.8, 4) is 5.88 Å². The van der Waals surface area contributed by atoms with Gasteiger partial charge in [-0.05, 0) is 63.8 Å². The quantitative estimate of drug-likeness (QED) is 0.603. The fourth-order valence-electron chi connectivity index (χ4n) is 3.03. The van der Waals surface area contributed by atoms with E-state index in [2.05, 4.69) is 10.0 Å². The first kappa shape index (κ1) is 20.5. The third kappa shape index (κ3) is 4.12. The highest BCUT2D eigenvalue weighted by Gasteiger charge is 2.27. The number of benzene rings is 1. The second kappa shape index (κ2) is 8.05. The van der Waals surface area contributed by atoms with Crippen molar-refractivity contribution in [1.29, 1.82) is 0 Å². The van der Waals surface area contributed by atoms with Crippen molar-refractivity contribution in [2.75, 3.05) is 23.3 Å². The monoisotopic (exact) mass is 407 g/mol. The van der Waals surface area contributed by atoms with Crippen LogP contribution in [-0.4, -0.2) is 27.6 Å². The van der Waals surface area contributed by atoms with Gasteiger partial charge in [-0.3, -0.25) is 9.36 Å². The topological polar surface area (TPSA) is 75.5 Å². The Kier molecular flexibility index (Phi) is 5.90. The molecule has 0 saturated heterocycles. The summed E-state index contributed by atoms with van der Waals surface area (Å²) in [6.45, 7) is 8.53. The van der Waals surface area contributed by atoms with Crippen LogP contribution in [0, 0.1) is 19.7 Å². The van der Waals surface area contributed by atoms with Gasteiger partial charge < -0.3 is 19.9 Å². The Hall–Kier alpha value is -2.19. The van der Waals surface area contributed by atoms with Crippen molar-refractivity contribution < 1.29 is 14.2 Å². The van der Waals surface area contributed by atoms with Crippen molar-refractivity contribution in [1.82, 2.24) is 4.57 Å². The number of pyridine rings is 1. The van der Waals surface area contributed by atoms with E-state index >= 15 is 0 Å². The number of ether oxygens (including phenoxy) is 1. The number of aliphatic hydroxyl groups is 1. The molecule has 28 heavy (non-hydrogen) atoms. The number of anilines is 3. The van der Waals surface area contributed by atoms with Crippen LogP contribution in [0.5, 0.6) is 5.88 Å². The molecule has 0 unspecified atom stereocenters. The Balaban J connectivity index is 2.05. The number of aromatic nitrogens is 1. The number of aliphatic hydroxyl groups excluding tert-OH is 1. The molecule has 1 aliphatic rings. The molecule has 8 heteroatoms. The molecule has 0 atom stereocenters. The van der Waals surface area contributed by atoms with Crippen molar-refractivity contribution in [2.24, 2.45) is 0 Å². The number of hydrogen-bond donors (Lipinski definition) is 3. The predicted molar refractivity (Wildman–Crippen MR) is 112 cm³/mol. The van der Waals surface area contributed by atoms with E-state index in [1.165, 1.54) is 18.0 Å². The van der Waals surface area contributed by atoms with E-state index in [4.69, 9.17) is 4.74 Å². The van der Waals surface area contributed by atoms with Gasteiger partial charge in [0.05, 0.1) is 17.9 Å². The number of fused-ring (bicyclic) bond motifs is 1. The molecule has 0 bridgehead atoms. The number of aryl methyl sites for hydroxylation is 1. The molecule has 1 aromatic carbocycles. The summed E-state index contributed by atoms with van der Waals surface area (Å²) in [6, 6.07) is 4.91. The highest BCUT2D eigenvalue weighted by atomic mass is 32.2. The first-order chi connectivity index (χ1) is 13.2. The maximum Gasteiger partial charge on any atom is 0.258 e. The summed E-state index contributed by atoms with van der Waals surface area (Å²) in [5.74, 6) is 0.0538. The lowest BCUT2D eigenvalue weighted by atomic mass is 10.1. The lowest BCUT2D eigenvalue weighted by Gasteiger charge is -2.25. The van der Waals surface area contributed by atoms with Gasteiger partial charge in [0.25, 0.3) is 5.56 Å². The number of halogens is 1. The van der Waals surface area contributed by atoms with Gasteiger partial charge in [-0.2, -0.15) is 0 Å². The summed E-state index contributed by atoms with van der Waals surface area (Å²) in [5.41, 5.74) is 2.53. The SMILES string of the molecule is Cc1ccc(Nc2c(NSC(C)(C)CCO)c3n(c(=O)c2C)CCO3)c(F)c1. The maximum absolute atomic E-state index is 14.4. The first-order valence-electron chi connectivity index (χ1n) is 9.22. The second-order valence-corrected chi connectivity index (χ2v) is 9.04. The Morgan fingerprint density at radius 3 is 2.75 bits per heavy atom. The number of nitrogens with zero attached hydrogens (tertiary/aromatic N) is 1. The lowest BCUT2D eigenvalue weighted by molar-refractivity contribution is 0.275. The number of nitrogens with one attached hydrogen (secondary N) is 2. The smallest absolute Gasteiger partial charge is 0.258 e. The minimum absolute atomic E-state index is 0.0727. The van der Waals surface area contributed by atoms with E-state index in [1.807, 2.05) is 26.8 Å². The normalized spacial score (nSPS) is 13.2. The third-order valence-corrected chi connectivity index (χ3v) is 5.79. The van der Waals surface area contributed by atoms with Crippen LogP contribution < -0.4 is 20.3 Å². The van der Waals surface area contributed by atoms with Crippen molar-refractivity contribution in [3.05, 3.63) is 45.5 Å². The molecule has 0 fully saturated rings. The second-order valence-electron chi connectivity index (χ2n) is 7.53. The Morgan fingerprint density at radius 1 is 1.32 bits per heavy atom. The number of rotatable bonds is 7. The molecule has 1 aliphatic heterocycles. The molecular formula is C20H26FN3O3S. The predicted octanol–water partition coefficient (Wildman–Crippen LogP) is 3.96. The molecule has 0 spiro atoms. The van der Waals surface area contributed by atoms with E-state index in [0.29, 0.717) is 48.1 Å². The summed E-state index contributed by atoms with van der Waals surface area (Å²) < 4.78 is 24.8. The molecule has 1 aromatic heterocycles. The molecule has 2 heterocycles. The summed E-state index contributed by atoms with van der Waals surface area (Å²) in [5, 5.41) is 12.4. The zero-order chi connectivity index (χ0) is 20.5. The lowest BCUT2D eigenvalue weighted by Crippen LogP contribution is -2.24. The van der Waals surface area contributed by atoms with Crippen molar-refractivity contribution >= 4 is 29.0 Å². The highest BCUT2D eigenvalue weighted by molar-refractivity contribution is 8.01. The van der Waals surface area contributed by atoms with Crippen LogP contribution in [0.1, 0.15) is 31.4 Å². The Bertz CT molecular complexity index is 943. The Morgan fingerprint density at radius 2 is 2.07 bits per heavy atom. The zero-order valence-electron chi connectivity index (χ0n) is 16.6. The average Bonchev–Trinajstić information content (AvgIpc) is 3.10. The molecule has 152 valence electrons. The minimum Gasteiger partial charge on any atom is -0.475 e. The van der Waals surface area contributed by atoms with Gasteiger partial charge in [-0.25, -0.2) is 4.39 Å². The van der Waals surface area contributed by atoms with Crippen LogP contribution >= 0.6 is 11.9 Å². The van der Waals surface area contributed by atoms with Gasteiger partial charge in [0, 0.05) is 16.9 Å². The van der Waals surface area contributed by atoms with E-state index in [1.54, 1.807) is 17.6 Å². The van der Waals surface area contributed by atoms with Gasteiger partial charge in [0.1, 0.15) is 18.1 Å². The molecule has 0 saturated carbocycles. The van der Waals surface area contributed by atoms with Gasteiger partial charge in [-0.1, -0.05) is 6.07 Å². The fraction of sp³-hybridized carbons (Fsp3) is 0.450. The molecule has 0 amide bonds. The van der Waals surface area contributed by atoms with E-state index in [0.717, 1.165) is 5.56 Å². The fourth-order valence-corrected chi connectivity index (χ4v) is 3.80. The van der Waals surface area contributed by atoms with E-state index < -0.39 is 0 Å². The molecule has 6 nitrogen and oxygen atoms in total. The molecule has 0 radical (unpaired) electrons. The van der Waals surface area contributed by atoms with Crippen LogP contribution in [0.3, 0.4) is 0 Å². The van der Waals surface area contributed by atoms with Crippen LogP contribution in [0.25, 0.3) is 0 Å². The summed E-state index contributed by atoms with van der Waals surface area (Å²) in [6.07, 6.45) is 0.592. The molecular weight excluding hydrogens is 381 g/mol. The van der Waals surface area contributed by atoms with E-state index in [9.17, 15) is 14.3 Å². The van der Waals surface area contributed by atoms with Crippen LogP contribution in [0.15, 0.2) is 23.0 Å². The van der Waals surface area contributed by atoms with Crippen LogP contribution in [-0.2, 0) is 6.54 Å². The summed E-state index contributed by atoms with van der Waals surface area (Å²) in [4.78, 5) is 12.7. The molecule has 3 N–H and O–H groups in total. The van der Waals surface area contributed by atoms with E-state index in [-0.39, 0.29) is 22.7 Å². The first-order valence-corrected chi connectivity index (χ1v) is 10.0. The largest absolute Gasteiger partial charge is 0.475 e. The van der Waals surface area contributed by atoms with Gasteiger partial charge in [0.15, 0.2) is 0 Å². The minimum atomic E-state index is -0.389. The molecule has 0 aliphatic carbocycles. The highest BCUT2D eigenvalue weighted by Crippen LogP contribution is 2.41. The van der Waals surface area contributed by atoms with Crippen molar-refractivity contribution in [3.63, 3.8) is 0 Å². The van der Waals surface area contributed by atoms with Crippen molar-refractivity contribution in [2.45, 2.75) is 45.4 Å². The molecule has 3 rings (SSSR count). The van der Waals surface area contributed by atoms with Gasteiger partial charge >= 0.3 is 0 Å². The van der Waals surface area contributed by atoms with Crippen LogP contribution in [0.4, 0.5) is 21.5 Å². The standard InChI is InChI=1S/C20H26FN3O3S/c1-12-5-6-15(14(21)11-12)22-16-13(2)18(26)24-8-10-27-19(24)17(16)23-28-20(3,4)7-9-25/h5-6,11,22-23,25H,7-10H2,1-4H3.